The van der Waals surface area contributed by atoms with Crippen molar-refractivity contribution in [2.24, 2.45) is 11.8 Å². The van der Waals surface area contributed by atoms with Gasteiger partial charge in [0.15, 0.2) is 0 Å². The van der Waals surface area contributed by atoms with Gasteiger partial charge in [-0.1, -0.05) is 25.7 Å². The van der Waals surface area contributed by atoms with Gasteiger partial charge in [-0.2, -0.15) is 0 Å². The molecule has 1 saturated carbocycles. The first kappa shape index (κ1) is 24.7. The van der Waals surface area contributed by atoms with Crippen LogP contribution in [0.3, 0.4) is 0 Å². The van der Waals surface area contributed by atoms with Crippen molar-refractivity contribution >= 4 is 17.9 Å². The van der Waals surface area contributed by atoms with Gasteiger partial charge in [-0.3, -0.25) is 14.4 Å². The highest BCUT2D eigenvalue weighted by molar-refractivity contribution is 5.76. The number of carboxylic acid groups (broad SMARTS) is 1. The van der Waals surface area contributed by atoms with Gasteiger partial charge in [0.1, 0.15) is 11.5 Å². The molecular formula is C24H34O7. The number of aliphatic carboxylic acids is 1. The van der Waals surface area contributed by atoms with Crippen LogP contribution in [-0.4, -0.2) is 36.2 Å². The molecule has 1 aromatic carbocycles. The van der Waals surface area contributed by atoms with Crippen LogP contribution >= 0.6 is 0 Å². The van der Waals surface area contributed by atoms with Crippen molar-refractivity contribution < 1.29 is 33.7 Å². The molecule has 0 spiro atoms. The Morgan fingerprint density at radius 3 is 1.90 bits per heavy atom. The quantitative estimate of drug-likeness (QED) is 0.271. The molecule has 7 heteroatoms. The van der Waals surface area contributed by atoms with Crippen molar-refractivity contribution in [3.05, 3.63) is 24.3 Å². The third-order valence-electron chi connectivity index (χ3n) is 5.56. The SMILES string of the molecule is CC(=O)OCCCCCCCCOc1ccc(OC(=O)[C@H]2CC[C@H](C(=O)O)CC2)cc1. The van der Waals surface area contributed by atoms with Gasteiger partial charge in [-0.25, -0.2) is 0 Å². The lowest BCUT2D eigenvalue weighted by Gasteiger charge is -2.24. The van der Waals surface area contributed by atoms with Gasteiger partial charge in [0, 0.05) is 6.92 Å². The average Bonchev–Trinajstić information content (AvgIpc) is 2.76. The smallest absolute Gasteiger partial charge is 0.314 e. The van der Waals surface area contributed by atoms with Crippen LogP contribution in [0.4, 0.5) is 0 Å². The number of rotatable bonds is 13. The lowest BCUT2D eigenvalue weighted by molar-refractivity contribution is -0.146. The number of esters is 2. The second-order valence-corrected chi connectivity index (χ2v) is 8.09. The molecule has 1 aromatic rings. The zero-order valence-corrected chi connectivity index (χ0v) is 18.3. The second-order valence-electron chi connectivity index (χ2n) is 8.09. The second kappa shape index (κ2) is 13.7. The van der Waals surface area contributed by atoms with Crippen molar-refractivity contribution in [2.75, 3.05) is 13.2 Å². The van der Waals surface area contributed by atoms with E-state index >= 15 is 0 Å². The summed E-state index contributed by atoms with van der Waals surface area (Å²) in [5, 5.41) is 9.04. The van der Waals surface area contributed by atoms with E-state index in [-0.39, 0.29) is 23.8 Å². The van der Waals surface area contributed by atoms with Gasteiger partial charge in [-0.05, 0) is 62.8 Å². The molecule has 1 aliphatic carbocycles. The highest BCUT2D eigenvalue weighted by Gasteiger charge is 2.30. The molecule has 0 heterocycles. The lowest BCUT2D eigenvalue weighted by atomic mass is 9.82. The van der Waals surface area contributed by atoms with Crippen molar-refractivity contribution in [3.63, 3.8) is 0 Å². The standard InChI is InChI=1S/C24H34O7/c1-18(25)29-16-6-4-2-3-5-7-17-30-21-12-14-22(15-13-21)31-24(28)20-10-8-19(9-11-20)23(26)27/h12-15,19-20H,2-11,16-17H2,1H3,(H,26,27)/t19-,20-. The van der Waals surface area contributed by atoms with E-state index in [1.54, 1.807) is 24.3 Å². The highest BCUT2D eigenvalue weighted by Crippen LogP contribution is 2.30. The predicted molar refractivity (Wildman–Crippen MR) is 115 cm³/mol. The molecule has 1 aliphatic rings. The van der Waals surface area contributed by atoms with Crippen LogP contribution in [0, 0.1) is 11.8 Å². The molecule has 0 radical (unpaired) electrons. The monoisotopic (exact) mass is 434 g/mol. The van der Waals surface area contributed by atoms with E-state index in [1.807, 2.05) is 0 Å². The summed E-state index contributed by atoms with van der Waals surface area (Å²) < 4.78 is 16.1. The van der Waals surface area contributed by atoms with E-state index < -0.39 is 5.97 Å². The summed E-state index contributed by atoms with van der Waals surface area (Å²) in [6, 6.07) is 7.02. The predicted octanol–water partition coefficient (Wildman–Crippen LogP) is 4.77. The molecule has 0 aliphatic heterocycles. The minimum Gasteiger partial charge on any atom is -0.494 e. The first-order valence-electron chi connectivity index (χ1n) is 11.3. The largest absolute Gasteiger partial charge is 0.494 e. The molecule has 1 N–H and O–H groups in total. The number of carbonyl (C=O) groups excluding carboxylic acids is 2. The summed E-state index contributed by atoms with van der Waals surface area (Å²) in [6.45, 7) is 2.58. The first-order valence-corrected chi connectivity index (χ1v) is 11.3. The Bertz CT molecular complexity index is 690. The molecule has 7 nitrogen and oxygen atoms in total. The summed E-state index contributed by atoms with van der Waals surface area (Å²) in [5.74, 6) is -0.636. The van der Waals surface area contributed by atoms with Gasteiger partial charge in [0.05, 0.1) is 25.0 Å². The van der Waals surface area contributed by atoms with Gasteiger partial charge >= 0.3 is 17.9 Å². The molecule has 2 rings (SSSR count). The van der Waals surface area contributed by atoms with E-state index in [0.29, 0.717) is 44.6 Å². The summed E-state index contributed by atoms with van der Waals surface area (Å²) in [5.41, 5.74) is 0. The molecule has 0 atom stereocenters. The van der Waals surface area contributed by atoms with E-state index in [9.17, 15) is 14.4 Å². The first-order chi connectivity index (χ1) is 15.0. The van der Waals surface area contributed by atoms with Crippen LogP contribution in [0.25, 0.3) is 0 Å². The molecule has 0 aromatic heterocycles. The molecule has 0 amide bonds. The van der Waals surface area contributed by atoms with Crippen molar-refractivity contribution in [3.8, 4) is 11.5 Å². The Labute approximate surface area is 184 Å². The van der Waals surface area contributed by atoms with Crippen molar-refractivity contribution in [1.82, 2.24) is 0 Å². The van der Waals surface area contributed by atoms with Crippen LogP contribution in [0.5, 0.6) is 11.5 Å². The Kier molecular flexibility index (Phi) is 10.9. The molecule has 0 saturated heterocycles. The maximum Gasteiger partial charge on any atom is 0.314 e. The van der Waals surface area contributed by atoms with Crippen LogP contribution in [0.2, 0.25) is 0 Å². The van der Waals surface area contributed by atoms with E-state index in [4.69, 9.17) is 19.3 Å². The van der Waals surface area contributed by atoms with Gasteiger partial charge in [0.25, 0.3) is 0 Å². The fourth-order valence-electron chi connectivity index (χ4n) is 3.70. The molecule has 172 valence electrons. The Morgan fingerprint density at radius 1 is 0.806 bits per heavy atom. The number of carboxylic acids is 1. The fraction of sp³-hybridized carbons (Fsp3) is 0.625. The van der Waals surface area contributed by atoms with Gasteiger partial charge in [0.2, 0.25) is 0 Å². The van der Waals surface area contributed by atoms with E-state index in [2.05, 4.69) is 0 Å². The van der Waals surface area contributed by atoms with Crippen LogP contribution in [0.15, 0.2) is 24.3 Å². The number of benzene rings is 1. The molecule has 0 unspecified atom stereocenters. The van der Waals surface area contributed by atoms with Gasteiger partial charge < -0.3 is 19.3 Å². The molecule has 31 heavy (non-hydrogen) atoms. The average molecular weight is 435 g/mol. The van der Waals surface area contributed by atoms with Gasteiger partial charge in [-0.15, -0.1) is 0 Å². The maximum atomic E-state index is 12.3. The Hall–Kier alpha value is -2.57. The van der Waals surface area contributed by atoms with Crippen LogP contribution in [0.1, 0.15) is 71.1 Å². The number of ether oxygens (including phenoxy) is 3. The number of hydrogen-bond acceptors (Lipinski definition) is 6. The van der Waals surface area contributed by atoms with Crippen LogP contribution < -0.4 is 9.47 Å². The topological polar surface area (TPSA) is 99.1 Å². The maximum absolute atomic E-state index is 12.3. The third-order valence-corrected chi connectivity index (χ3v) is 5.56. The molecule has 1 fully saturated rings. The molecular weight excluding hydrogens is 400 g/mol. The number of carbonyl (C=O) groups is 3. The minimum absolute atomic E-state index is 0.219. The zero-order chi connectivity index (χ0) is 22.5. The lowest BCUT2D eigenvalue weighted by Crippen LogP contribution is -2.28. The third kappa shape index (κ3) is 9.85. The van der Waals surface area contributed by atoms with Crippen molar-refractivity contribution in [1.29, 1.82) is 0 Å². The summed E-state index contributed by atoms with van der Waals surface area (Å²) in [7, 11) is 0. The highest BCUT2D eigenvalue weighted by atomic mass is 16.5. The number of unbranched alkanes of at least 4 members (excludes halogenated alkanes) is 5. The van der Waals surface area contributed by atoms with E-state index in [1.165, 1.54) is 6.92 Å². The summed E-state index contributed by atoms with van der Waals surface area (Å²) >= 11 is 0. The normalized spacial score (nSPS) is 18.2. The zero-order valence-electron chi connectivity index (χ0n) is 18.3. The summed E-state index contributed by atoms with van der Waals surface area (Å²) in [4.78, 5) is 34.0. The van der Waals surface area contributed by atoms with E-state index in [0.717, 1.165) is 44.3 Å². The minimum atomic E-state index is -0.779. The Balaban J connectivity index is 1.55. The molecule has 0 bridgehead atoms. The number of hydrogen-bond donors (Lipinski definition) is 1. The fourth-order valence-corrected chi connectivity index (χ4v) is 3.70. The van der Waals surface area contributed by atoms with Crippen molar-refractivity contribution in [2.45, 2.75) is 71.1 Å². The summed E-state index contributed by atoms with van der Waals surface area (Å²) in [6.07, 6.45) is 8.46. The van der Waals surface area contributed by atoms with Crippen LogP contribution in [-0.2, 0) is 19.1 Å². The Morgan fingerprint density at radius 2 is 1.32 bits per heavy atom.